The highest BCUT2D eigenvalue weighted by atomic mass is 35.5. The van der Waals surface area contributed by atoms with Gasteiger partial charge in [0.2, 0.25) is 11.8 Å². The fourth-order valence-corrected chi connectivity index (χ4v) is 2.96. The third-order valence-corrected chi connectivity index (χ3v) is 5.33. The van der Waals surface area contributed by atoms with Gasteiger partial charge in [-0.05, 0) is 39.3 Å². The summed E-state index contributed by atoms with van der Waals surface area (Å²) in [6.07, 6.45) is 1.15. The summed E-state index contributed by atoms with van der Waals surface area (Å²) < 4.78 is 5.66. The molecule has 1 aliphatic rings. The maximum atomic E-state index is 12.4. The Hall–Kier alpha value is -1.75. The third kappa shape index (κ3) is 5.63. The molecule has 1 fully saturated rings. The van der Waals surface area contributed by atoms with E-state index < -0.39 is 5.41 Å². The Kier molecular flexibility index (Phi) is 7.33. The van der Waals surface area contributed by atoms with E-state index in [1.165, 1.54) is 5.56 Å². The summed E-state index contributed by atoms with van der Waals surface area (Å²) >= 11 is 5.89. The van der Waals surface area contributed by atoms with Gasteiger partial charge in [-0.1, -0.05) is 17.7 Å². The Morgan fingerprint density at radius 3 is 2.23 bits per heavy atom. The van der Waals surface area contributed by atoms with Crippen molar-refractivity contribution in [3.63, 3.8) is 0 Å². The van der Waals surface area contributed by atoms with E-state index in [0.717, 1.165) is 5.75 Å². The monoisotopic (exact) mass is 380 g/mol. The smallest absolute Gasteiger partial charge is 0.229 e. The Morgan fingerprint density at radius 2 is 1.65 bits per heavy atom. The quantitative estimate of drug-likeness (QED) is 0.539. The molecule has 2 rings (SSSR count). The topological polar surface area (TPSA) is 49.9 Å². The van der Waals surface area contributed by atoms with E-state index in [2.05, 4.69) is 0 Å². The second-order valence-electron chi connectivity index (χ2n) is 7.46. The average molecular weight is 381 g/mol. The number of piperazine rings is 1. The number of carbonyl (C=O) groups is 2. The second kappa shape index (κ2) is 9.26. The van der Waals surface area contributed by atoms with Crippen LogP contribution in [0.4, 0.5) is 0 Å². The van der Waals surface area contributed by atoms with Crippen LogP contribution in [0.5, 0.6) is 5.75 Å². The Labute approximate surface area is 161 Å². The third-order valence-electron chi connectivity index (χ3n) is 4.66. The lowest BCUT2D eigenvalue weighted by atomic mass is 9.94. The van der Waals surface area contributed by atoms with Crippen LogP contribution in [-0.2, 0) is 9.59 Å². The number of alkyl halides is 1. The number of ether oxygens (including phenoxy) is 1. The summed E-state index contributed by atoms with van der Waals surface area (Å²) in [5.41, 5.74) is 0.640. The predicted octanol–water partition coefficient (Wildman–Crippen LogP) is 3.09. The van der Waals surface area contributed by atoms with Gasteiger partial charge in [-0.25, -0.2) is 0 Å². The Morgan fingerprint density at radius 1 is 1.08 bits per heavy atom. The number of carbonyl (C=O) groups excluding carboxylic acids is 2. The Balaban J connectivity index is 1.68. The number of aryl methyl sites for hydroxylation is 1. The van der Waals surface area contributed by atoms with Crippen LogP contribution >= 0.6 is 11.6 Å². The van der Waals surface area contributed by atoms with E-state index in [1.807, 2.05) is 54.8 Å². The fraction of sp³-hybridized carbons (Fsp3) is 0.600. The van der Waals surface area contributed by atoms with Crippen molar-refractivity contribution < 1.29 is 14.3 Å². The zero-order chi connectivity index (χ0) is 19.2. The van der Waals surface area contributed by atoms with E-state index in [0.29, 0.717) is 51.5 Å². The summed E-state index contributed by atoms with van der Waals surface area (Å²) in [4.78, 5) is 28.4. The molecule has 5 nitrogen and oxygen atoms in total. The predicted molar refractivity (Wildman–Crippen MR) is 104 cm³/mol. The number of rotatable bonds is 7. The van der Waals surface area contributed by atoms with Gasteiger partial charge in [0.1, 0.15) is 5.75 Å². The van der Waals surface area contributed by atoms with Crippen molar-refractivity contribution in [3.05, 3.63) is 29.8 Å². The molecule has 1 heterocycles. The molecule has 2 amide bonds. The van der Waals surface area contributed by atoms with Crippen LogP contribution < -0.4 is 4.74 Å². The first-order chi connectivity index (χ1) is 12.3. The molecule has 0 saturated carbocycles. The van der Waals surface area contributed by atoms with Gasteiger partial charge in [-0.2, -0.15) is 0 Å². The molecular weight excluding hydrogens is 352 g/mol. The second-order valence-corrected chi connectivity index (χ2v) is 7.72. The van der Waals surface area contributed by atoms with Crippen molar-refractivity contribution in [1.29, 1.82) is 0 Å². The minimum absolute atomic E-state index is 0.0612. The van der Waals surface area contributed by atoms with E-state index in [1.54, 1.807) is 0 Å². The normalized spacial score (nSPS) is 15.1. The zero-order valence-corrected chi connectivity index (χ0v) is 16.7. The van der Waals surface area contributed by atoms with Gasteiger partial charge >= 0.3 is 0 Å². The summed E-state index contributed by atoms with van der Waals surface area (Å²) in [5, 5.41) is 0. The number of hydrogen-bond donors (Lipinski definition) is 0. The Bertz CT molecular complexity index is 608. The van der Waals surface area contributed by atoms with Crippen LogP contribution in [0.1, 0.15) is 32.3 Å². The molecule has 0 aliphatic carbocycles. The molecule has 1 saturated heterocycles. The van der Waals surface area contributed by atoms with Crippen molar-refractivity contribution in [2.24, 2.45) is 5.41 Å². The van der Waals surface area contributed by atoms with Crippen LogP contribution in [0.25, 0.3) is 0 Å². The molecule has 1 aromatic rings. The molecule has 0 unspecified atom stereocenters. The van der Waals surface area contributed by atoms with Crippen LogP contribution in [-0.4, -0.2) is 60.3 Å². The number of benzene rings is 1. The van der Waals surface area contributed by atoms with Gasteiger partial charge in [0, 0.05) is 38.5 Å². The van der Waals surface area contributed by atoms with Crippen LogP contribution in [0.3, 0.4) is 0 Å². The van der Waals surface area contributed by atoms with Crippen molar-refractivity contribution in [3.8, 4) is 5.75 Å². The van der Waals surface area contributed by atoms with Crippen molar-refractivity contribution >= 4 is 23.4 Å². The minimum Gasteiger partial charge on any atom is -0.494 e. The minimum atomic E-state index is -0.555. The summed E-state index contributed by atoms with van der Waals surface area (Å²) in [6.45, 7) is 8.59. The molecule has 26 heavy (non-hydrogen) atoms. The molecule has 0 radical (unpaired) electrons. The summed E-state index contributed by atoms with van der Waals surface area (Å²) in [6, 6.07) is 7.89. The first-order valence-corrected chi connectivity index (χ1v) is 9.69. The van der Waals surface area contributed by atoms with Crippen LogP contribution in [0, 0.1) is 12.3 Å². The molecule has 1 aromatic carbocycles. The molecular formula is C20H29ClN2O3. The van der Waals surface area contributed by atoms with Gasteiger partial charge in [0.25, 0.3) is 0 Å². The molecule has 0 aromatic heterocycles. The zero-order valence-electron chi connectivity index (χ0n) is 16.0. The summed E-state index contributed by atoms with van der Waals surface area (Å²) in [5.74, 6) is 1.32. The number of halogens is 1. The molecule has 0 atom stereocenters. The lowest BCUT2D eigenvalue weighted by molar-refractivity contribution is -0.144. The number of nitrogens with zero attached hydrogens (tertiary/aromatic N) is 2. The van der Waals surface area contributed by atoms with E-state index in [-0.39, 0.29) is 11.8 Å². The molecule has 6 heteroatoms. The molecule has 0 N–H and O–H groups in total. The maximum absolute atomic E-state index is 12.4. The molecule has 1 aliphatic heterocycles. The number of amides is 2. The van der Waals surface area contributed by atoms with Gasteiger partial charge in [0.15, 0.2) is 0 Å². The van der Waals surface area contributed by atoms with Gasteiger partial charge in [0.05, 0.1) is 12.0 Å². The summed E-state index contributed by atoms with van der Waals surface area (Å²) in [7, 11) is 0. The van der Waals surface area contributed by atoms with E-state index >= 15 is 0 Å². The standard InChI is InChI=1S/C20H29ClN2O3/c1-16-6-8-17(9-7-16)26-14-4-5-18(24)22-10-12-23(13-11-22)19(25)20(2,3)15-21/h6-9H,4-5,10-15H2,1-3H3. The lowest BCUT2D eigenvalue weighted by Crippen LogP contribution is -2.53. The first kappa shape index (κ1) is 20.6. The largest absolute Gasteiger partial charge is 0.494 e. The SMILES string of the molecule is Cc1ccc(OCCCC(=O)N2CCN(C(=O)C(C)(C)CCl)CC2)cc1. The molecule has 0 bridgehead atoms. The lowest BCUT2D eigenvalue weighted by Gasteiger charge is -2.38. The van der Waals surface area contributed by atoms with Gasteiger partial charge < -0.3 is 14.5 Å². The van der Waals surface area contributed by atoms with Crippen LogP contribution in [0.15, 0.2) is 24.3 Å². The molecule has 144 valence electrons. The highest BCUT2D eigenvalue weighted by Gasteiger charge is 2.33. The van der Waals surface area contributed by atoms with E-state index in [4.69, 9.17) is 16.3 Å². The van der Waals surface area contributed by atoms with Crippen LogP contribution in [0.2, 0.25) is 0 Å². The van der Waals surface area contributed by atoms with Crippen molar-refractivity contribution in [1.82, 2.24) is 9.80 Å². The highest BCUT2D eigenvalue weighted by molar-refractivity contribution is 6.19. The van der Waals surface area contributed by atoms with Gasteiger partial charge in [-0.15, -0.1) is 11.6 Å². The van der Waals surface area contributed by atoms with Crippen molar-refractivity contribution in [2.45, 2.75) is 33.6 Å². The fourth-order valence-electron chi connectivity index (χ4n) is 2.85. The number of hydrogen-bond acceptors (Lipinski definition) is 3. The van der Waals surface area contributed by atoms with Gasteiger partial charge in [-0.3, -0.25) is 9.59 Å². The highest BCUT2D eigenvalue weighted by Crippen LogP contribution is 2.21. The van der Waals surface area contributed by atoms with Crippen molar-refractivity contribution in [2.75, 3.05) is 38.7 Å². The van der Waals surface area contributed by atoms with E-state index in [9.17, 15) is 9.59 Å². The molecule has 0 spiro atoms. The average Bonchev–Trinajstić information content (AvgIpc) is 2.66. The first-order valence-electron chi connectivity index (χ1n) is 9.16. The maximum Gasteiger partial charge on any atom is 0.229 e.